The number of fused-ring (bicyclic) bond motifs is 2. The Labute approximate surface area is 136 Å². The van der Waals surface area contributed by atoms with E-state index in [0.29, 0.717) is 23.2 Å². The zero-order valence-electron chi connectivity index (χ0n) is 12.0. The average molecular weight is 324 g/mol. The molecular formula is C17H12N2O3S. The Morgan fingerprint density at radius 2 is 1.87 bits per heavy atom. The summed E-state index contributed by atoms with van der Waals surface area (Å²) in [4.78, 5) is 36.8. The second-order valence-corrected chi connectivity index (χ2v) is 6.70. The van der Waals surface area contributed by atoms with Gasteiger partial charge in [0.05, 0.1) is 16.4 Å². The summed E-state index contributed by atoms with van der Waals surface area (Å²) in [5, 5.41) is 4.88. The van der Waals surface area contributed by atoms with Gasteiger partial charge in [0.2, 0.25) is 5.91 Å². The van der Waals surface area contributed by atoms with Crippen LogP contribution in [0.5, 0.6) is 0 Å². The van der Waals surface area contributed by atoms with Crippen molar-refractivity contribution < 1.29 is 14.4 Å². The number of anilines is 1. The number of thioether (sulfide) groups is 1. The summed E-state index contributed by atoms with van der Waals surface area (Å²) in [7, 11) is 0. The lowest BCUT2D eigenvalue weighted by Gasteiger charge is -2.10. The maximum atomic E-state index is 12.4. The third-order valence-electron chi connectivity index (χ3n) is 3.94. The molecule has 2 heterocycles. The summed E-state index contributed by atoms with van der Waals surface area (Å²) in [5.41, 5.74) is 2.34. The van der Waals surface area contributed by atoms with E-state index in [1.54, 1.807) is 30.0 Å². The second-order valence-electron chi connectivity index (χ2n) is 5.45. The molecule has 2 aliphatic rings. The molecule has 114 valence electrons. The van der Waals surface area contributed by atoms with Gasteiger partial charge in [0.15, 0.2) is 0 Å². The molecule has 1 unspecified atom stereocenters. The normalized spacial score (nSPS) is 18.3. The van der Waals surface area contributed by atoms with Gasteiger partial charge in [0.25, 0.3) is 11.8 Å². The SMILES string of the molecule is O=C1NC(=O)c2cc(NC(=O)C3Cc4ccccc4S3)ccc21. The summed E-state index contributed by atoms with van der Waals surface area (Å²) in [6.07, 6.45) is 0.691. The van der Waals surface area contributed by atoms with Crippen LogP contribution in [0, 0.1) is 0 Å². The molecule has 3 amide bonds. The summed E-state index contributed by atoms with van der Waals surface area (Å²) in [5.74, 6) is -0.927. The molecule has 6 heteroatoms. The molecule has 0 saturated carbocycles. The minimum Gasteiger partial charge on any atom is -0.325 e. The van der Waals surface area contributed by atoms with Crippen LogP contribution in [0.1, 0.15) is 26.3 Å². The first-order valence-corrected chi connectivity index (χ1v) is 8.05. The maximum Gasteiger partial charge on any atom is 0.259 e. The average Bonchev–Trinajstić information content (AvgIpc) is 3.09. The number of amides is 3. The molecule has 0 aliphatic carbocycles. The Bertz CT molecular complexity index is 838. The lowest BCUT2D eigenvalue weighted by Crippen LogP contribution is -2.24. The van der Waals surface area contributed by atoms with Gasteiger partial charge in [-0.05, 0) is 36.2 Å². The maximum absolute atomic E-state index is 12.4. The van der Waals surface area contributed by atoms with Crippen LogP contribution in [0.25, 0.3) is 0 Å². The van der Waals surface area contributed by atoms with Gasteiger partial charge in [-0.15, -0.1) is 11.8 Å². The molecule has 2 N–H and O–H groups in total. The summed E-state index contributed by atoms with van der Waals surface area (Å²) < 4.78 is 0. The van der Waals surface area contributed by atoms with Crippen LogP contribution in [0.2, 0.25) is 0 Å². The topological polar surface area (TPSA) is 75.3 Å². The zero-order chi connectivity index (χ0) is 16.0. The van der Waals surface area contributed by atoms with Gasteiger partial charge in [-0.2, -0.15) is 0 Å². The first kappa shape index (κ1) is 14.0. The van der Waals surface area contributed by atoms with Crippen LogP contribution in [-0.4, -0.2) is 23.0 Å². The number of hydrogen-bond donors (Lipinski definition) is 2. The molecule has 0 radical (unpaired) electrons. The number of nitrogens with one attached hydrogen (secondary N) is 2. The number of rotatable bonds is 2. The molecule has 4 rings (SSSR count). The Morgan fingerprint density at radius 1 is 1.09 bits per heavy atom. The van der Waals surface area contributed by atoms with Crippen LogP contribution in [0.4, 0.5) is 5.69 Å². The monoisotopic (exact) mass is 324 g/mol. The third-order valence-corrected chi connectivity index (χ3v) is 5.26. The number of hydrogen-bond acceptors (Lipinski definition) is 4. The standard InChI is InChI=1S/C17H12N2O3S/c20-15-11-6-5-10(8-12(11)16(21)19-15)18-17(22)14-7-9-3-1-2-4-13(9)23-14/h1-6,8,14H,7H2,(H,18,22)(H,19,20,21). The largest absolute Gasteiger partial charge is 0.325 e. The van der Waals surface area contributed by atoms with Gasteiger partial charge in [0, 0.05) is 10.6 Å². The fourth-order valence-electron chi connectivity index (χ4n) is 2.80. The molecule has 1 atom stereocenters. The van der Waals surface area contributed by atoms with Crippen LogP contribution < -0.4 is 10.6 Å². The van der Waals surface area contributed by atoms with Crippen molar-refractivity contribution in [3.63, 3.8) is 0 Å². The van der Waals surface area contributed by atoms with Gasteiger partial charge < -0.3 is 5.32 Å². The molecule has 2 aromatic rings. The Morgan fingerprint density at radius 3 is 2.70 bits per heavy atom. The Kier molecular flexibility index (Phi) is 3.20. The zero-order valence-corrected chi connectivity index (χ0v) is 12.8. The van der Waals surface area contributed by atoms with Gasteiger partial charge >= 0.3 is 0 Å². The number of carbonyl (C=O) groups excluding carboxylic acids is 3. The van der Waals surface area contributed by atoms with Crippen LogP contribution in [0.3, 0.4) is 0 Å². The minimum absolute atomic E-state index is 0.101. The van der Waals surface area contributed by atoms with Gasteiger partial charge in [-0.3, -0.25) is 19.7 Å². The molecule has 23 heavy (non-hydrogen) atoms. The van der Waals surface area contributed by atoms with Crippen molar-refractivity contribution in [1.82, 2.24) is 5.32 Å². The lowest BCUT2D eigenvalue weighted by atomic mass is 10.1. The van der Waals surface area contributed by atoms with E-state index >= 15 is 0 Å². The second kappa shape index (κ2) is 5.24. The van der Waals surface area contributed by atoms with E-state index in [2.05, 4.69) is 10.6 Å². The lowest BCUT2D eigenvalue weighted by molar-refractivity contribution is -0.115. The summed E-state index contributed by atoms with van der Waals surface area (Å²) in [6.45, 7) is 0. The van der Waals surface area contributed by atoms with E-state index in [-0.39, 0.29) is 11.2 Å². The van der Waals surface area contributed by atoms with Gasteiger partial charge in [-0.1, -0.05) is 18.2 Å². The minimum atomic E-state index is -0.427. The van der Waals surface area contributed by atoms with Gasteiger partial charge in [0.1, 0.15) is 0 Å². The van der Waals surface area contributed by atoms with Crippen molar-refractivity contribution in [2.75, 3.05) is 5.32 Å². The molecular weight excluding hydrogens is 312 g/mol. The van der Waals surface area contributed by atoms with Crippen molar-refractivity contribution in [2.45, 2.75) is 16.6 Å². The van der Waals surface area contributed by atoms with Crippen molar-refractivity contribution >= 4 is 35.2 Å². The van der Waals surface area contributed by atoms with Crippen molar-refractivity contribution in [3.05, 3.63) is 59.2 Å². The molecule has 0 spiro atoms. The first-order chi connectivity index (χ1) is 11.1. The quantitative estimate of drug-likeness (QED) is 0.831. The van der Waals surface area contributed by atoms with Crippen LogP contribution in [-0.2, 0) is 11.2 Å². The first-order valence-electron chi connectivity index (χ1n) is 7.17. The van der Waals surface area contributed by atoms with Crippen molar-refractivity contribution in [1.29, 1.82) is 0 Å². The molecule has 2 aliphatic heterocycles. The fourth-order valence-corrected chi connectivity index (χ4v) is 3.99. The highest BCUT2D eigenvalue weighted by Crippen LogP contribution is 2.37. The predicted molar refractivity (Wildman–Crippen MR) is 86.7 cm³/mol. The van der Waals surface area contributed by atoms with Gasteiger partial charge in [-0.25, -0.2) is 0 Å². The van der Waals surface area contributed by atoms with E-state index in [1.807, 2.05) is 24.3 Å². The highest BCUT2D eigenvalue weighted by Gasteiger charge is 2.29. The number of benzene rings is 2. The van der Waals surface area contributed by atoms with E-state index < -0.39 is 11.8 Å². The van der Waals surface area contributed by atoms with E-state index in [1.165, 1.54) is 5.56 Å². The predicted octanol–water partition coefficient (Wildman–Crippen LogP) is 2.23. The molecule has 2 aromatic carbocycles. The Hall–Kier alpha value is -2.60. The van der Waals surface area contributed by atoms with E-state index in [9.17, 15) is 14.4 Å². The Balaban J connectivity index is 1.51. The van der Waals surface area contributed by atoms with Crippen molar-refractivity contribution in [3.8, 4) is 0 Å². The number of carbonyl (C=O) groups is 3. The van der Waals surface area contributed by atoms with Crippen LogP contribution >= 0.6 is 11.8 Å². The third kappa shape index (κ3) is 2.41. The number of imide groups is 1. The van der Waals surface area contributed by atoms with E-state index in [0.717, 1.165) is 4.90 Å². The van der Waals surface area contributed by atoms with E-state index in [4.69, 9.17) is 0 Å². The van der Waals surface area contributed by atoms with Crippen molar-refractivity contribution in [2.24, 2.45) is 0 Å². The summed E-state index contributed by atoms with van der Waals surface area (Å²) >= 11 is 1.54. The smallest absolute Gasteiger partial charge is 0.259 e. The summed E-state index contributed by atoms with van der Waals surface area (Å²) in [6, 6.07) is 12.7. The highest BCUT2D eigenvalue weighted by atomic mass is 32.2. The molecule has 0 saturated heterocycles. The fraction of sp³-hybridized carbons (Fsp3) is 0.118. The molecule has 0 aromatic heterocycles. The highest BCUT2D eigenvalue weighted by molar-refractivity contribution is 8.01. The molecule has 0 fully saturated rings. The van der Waals surface area contributed by atoms with Crippen LogP contribution in [0.15, 0.2) is 47.4 Å². The molecule has 0 bridgehead atoms. The molecule has 5 nitrogen and oxygen atoms in total.